The molecule has 5 nitrogen and oxygen atoms in total. The van der Waals surface area contributed by atoms with Crippen molar-refractivity contribution in [2.24, 2.45) is 5.41 Å². The summed E-state index contributed by atoms with van der Waals surface area (Å²) in [7, 11) is 0. The predicted octanol–water partition coefficient (Wildman–Crippen LogP) is 2.31. The topological polar surface area (TPSA) is 62.3 Å². The average molecular weight is 337 g/mol. The van der Waals surface area contributed by atoms with E-state index in [0.717, 1.165) is 17.5 Å². The Morgan fingerprint density at radius 2 is 1.92 bits per heavy atom. The van der Waals surface area contributed by atoms with Crippen LogP contribution in [0.25, 0.3) is 0 Å². The lowest BCUT2D eigenvalue weighted by molar-refractivity contribution is -0.149. The number of hydrogen-bond donors (Lipinski definition) is 1. The summed E-state index contributed by atoms with van der Waals surface area (Å²) in [5.41, 5.74) is 2.25. The van der Waals surface area contributed by atoms with Crippen molar-refractivity contribution >= 4 is 11.8 Å². The van der Waals surface area contributed by atoms with Crippen molar-refractivity contribution in [3.05, 3.63) is 65.5 Å². The molecule has 1 aromatic heterocycles. The van der Waals surface area contributed by atoms with Crippen molar-refractivity contribution in [3.63, 3.8) is 0 Å². The molecular formula is C20H23N3O2. The molecule has 0 spiro atoms. The fraction of sp³-hybridized carbons (Fsp3) is 0.350. The Kier molecular flexibility index (Phi) is 4.83. The highest BCUT2D eigenvalue weighted by Crippen LogP contribution is 2.25. The van der Waals surface area contributed by atoms with Crippen molar-refractivity contribution in [2.45, 2.75) is 33.4 Å². The van der Waals surface area contributed by atoms with E-state index in [2.05, 4.69) is 16.4 Å². The molecule has 3 rings (SSSR count). The molecule has 1 aliphatic heterocycles. The second-order valence-corrected chi connectivity index (χ2v) is 6.91. The number of benzene rings is 1. The number of aromatic nitrogens is 1. The summed E-state index contributed by atoms with van der Waals surface area (Å²) >= 11 is 0. The molecule has 1 N–H and O–H groups in total. The number of fused-ring (bicyclic) bond motifs is 1. The molecule has 0 saturated carbocycles. The summed E-state index contributed by atoms with van der Waals surface area (Å²) in [5, 5.41) is 2.85. The van der Waals surface area contributed by atoms with Gasteiger partial charge in [0, 0.05) is 32.0 Å². The molecule has 0 unspecified atom stereocenters. The highest BCUT2D eigenvalue weighted by atomic mass is 16.2. The largest absolute Gasteiger partial charge is 0.351 e. The Bertz CT molecular complexity index is 772. The van der Waals surface area contributed by atoms with Crippen LogP contribution in [0.15, 0.2) is 48.8 Å². The van der Waals surface area contributed by atoms with Gasteiger partial charge in [0.05, 0.1) is 0 Å². The molecule has 1 aliphatic rings. The van der Waals surface area contributed by atoms with Crippen molar-refractivity contribution in [3.8, 4) is 0 Å². The minimum atomic E-state index is -1.10. The Morgan fingerprint density at radius 3 is 2.64 bits per heavy atom. The van der Waals surface area contributed by atoms with Crippen LogP contribution in [0.4, 0.5) is 0 Å². The number of pyridine rings is 1. The maximum atomic E-state index is 12.9. The zero-order valence-electron chi connectivity index (χ0n) is 14.7. The molecule has 130 valence electrons. The van der Waals surface area contributed by atoms with E-state index in [4.69, 9.17) is 0 Å². The number of nitrogens with one attached hydrogen (secondary N) is 1. The molecule has 2 heterocycles. The van der Waals surface area contributed by atoms with Crippen LogP contribution in [0.2, 0.25) is 0 Å². The number of hydrogen-bond acceptors (Lipinski definition) is 3. The van der Waals surface area contributed by atoms with E-state index in [-0.39, 0.29) is 11.8 Å². The predicted molar refractivity (Wildman–Crippen MR) is 95.4 cm³/mol. The molecule has 0 saturated heterocycles. The van der Waals surface area contributed by atoms with Gasteiger partial charge in [-0.1, -0.05) is 30.3 Å². The first kappa shape index (κ1) is 17.1. The van der Waals surface area contributed by atoms with E-state index < -0.39 is 5.41 Å². The molecule has 2 amide bonds. The monoisotopic (exact) mass is 337 g/mol. The Labute approximate surface area is 148 Å². The first-order chi connectivity index (χ1) is 12.0. The maximum absolute atomic E-state index is 12.9. The lowest BCUT2D eigenvalue weighted by Gasteiger charge is -2.34. The summed E-state index contributed by atoms with van der Waals surface area (Å²) in [6.07, 6.45) is 4.22. The lowest BCUT2D eigenvalue weighted by Crippen LogP contribution is -2.50. The minimum absolute atomic E-state index is 0.134. The third-order valence-corrected chi connectivity index (χ3v) is 4.70. The van der Waals surface area contributed by atoms with Crippen LogP contribution in [0, 0.1) is 5.41 Å². The van der Waals surface area contributed by atoms with Crippen LogP contribution < -0.4 is 5.32 Å². The summed E-state index contributed by atoms with van der Waals surface area (Å²) in [4.78, 5) is 31.3. The van der Waals surface area contributed by atoms with Crippen LogP contribution in [0.3, 0.4) is 0 Å². The first-order valence-corrected chi connectivity index (χ1v) is 8.52. The second-order valence-electron chi connectivity index (χ2n) is 6.91. The average Bonchev–Trinajstić information content (AvgIpc) is 2.65. The molecule has 0 bridgehead atoms. The van der Waals surface area contributed by atoms with Gasteiger partial charge in [-0.2, -0.15) is 0 Å². The van der Waals surface area contributed by atoms with Gasteiger partial charge in [-0.15, -0.1) is 0 Å². The number of amides is 2. The van der Waals surface area contributed by atoms with Gasteiger partial charge in [0.2, 0.25) is 11.8 Å². The maximum Gasteiger partial charge on any atom is 0.238 e. The van der Waals surface area contributed by atoms with Crippen molar-refractivity contribution in [1.82, 2.24) is 15.2 Å². The highest BCUT2D eigenvalue weighted by Gasteiger charge is 2.39. The van der Waals surface area contributed by atoms with E-state index >= 15 is 0 Å². The fourth-order valence-corrected chi connectivity index (χ4v) is 3.07. The van der Waals surface area contributed by atoms with Crippen LogP contribution in [-0.4, -0.2) is 28.2 Å². The summed E-state index contributed by atoms with van der Waals surface area (Å²) in [5.74, 6) is -0.397. The molecule has 2 aromatic rings. The third kappa shape index (κ3) is 3.71. The van der Waals surface area contributed by atoms with Crippen molar-refractivity contribution in [1.29, 1.82) is 0 Å². The molecule has 25 heavy (non-hydrogen) atoms. The third-order valence-electron chi connectivity index (χ3n) is 4.70. The van der Waals surface area contributed by atoms with E-state index in [1.165, 1.54) is 5.56 Å². The van der Waals surface area contributed by atoms with E-state index in [1.807, 2.05) is 30.3 Å². The fourth-order valence-electron chi connectivity index (χ4n) is 3.07. The molecule has 5 heteroatoms. The quantitative estimate of drug-likeness (QED) is 0.871. The molecule has 0 aliphatic carbocycles. The molecular weight excluding hydrogens is 314 g/mol. The van der Waals surface area contributed by atoms with Crippen molar-refractivity contribution < 1.29 is 9.59 Å². The first-order valence-electron chi connectivity index (χ1n) is 8.52. The minimum Gasteiger partial charge on any atom is -0.351 e. The summed E-state index contributed by atoms with van der Waals surface area (Å²) in [6, 6.07) is 11.9. The summed E-state index contributed by atoms with van der Waals surface area (Å²) in [6.45, 7) is 4.96. The van der Waals surface area contributed by atoms with Crippen LogP contribution in [0.5, 0.6) is 0 Å². The van der Waals surface area contributed by atoms with Gasteiger partial charge in [0.25, 0.3) is 0 Å². The zero-order valence-corrected chi connectivity index (χ0v) is 14.7. The molecule has 0 radical (unpaired) electrons. The van der Waals surface area contributed by atoms with Gasteiger partial charge < -0.3 is 10.2 Å². The van der Waals surface area contributed by atoms with E-state index in [0.29, 0.717) is 19.6 Å². The Balaban J connectivity index is 1.65. The number of rotatable bonds is 4. The van der Waals surface area contributed by atoms with Crippen LogP contribution in [0.1, 0.15) is 30.5 Å². The van der Waals surface area contributed by atoms with E-state index in [9.17, 15) is 9.59 Å². The van der Waals surface area contributed by atoms with E-state index in [1.54, 1.807) is 31.1 Å². The normalized spacial score (nSPS) is 13.9. The number of carbonyl (C=O) groups excluding carboxylic acids is 2. The Hall–Kier alpha value is -2.69. The van der Waals surface area contributed by atoms with Gasteiger partial charge >= 0.3 is 0 Å². The SMILES string of the molecule is CC(C)(C(=O)NCc1cccnc1)C(=O)N1CCc2ccccc2C1. The second kappa shape index (κ2) is 7.05. The zero-order chi connectivity index (χ0) is 17.9. The van der Waals surface area contributed by atoms with Gasteiger partial charge in [-0.3, -0.25) is 14.6 Å². The standard InChI is InChI=1S/C20H23N3O2/c1-20(2,18(24)22-13-15-6-5-10-21-12-15)19(25)23-11-9-16-7-3-4-8-17(16)14-23/h3-8,10,12H,9,11,13-14H2,1-2H3,(H,22,24). The molecule has 1 aromatic carbocycles. The number of carbonyl (C=O) groups is 2. The summed E-state index contributed by atoms with van der Waals surface area (Å²) < 4.78 is 0. The van der Waals surface area contributed by atoms with Gasteiger partial charge in [-0.25, -0.2) is 0 Å². The smallest absolute Gasteiger partial charge is 0.238 e. The van der Waals surface area contributed by atoms with Gasteiger partial charge in [0.15, 0.2) is 0 Å². The Morgan fingerprint density at radius 1 is 1.16 bits per heavy atom. The highest BCUT2D eigenvalue weighted by molar-refractivity contribution is 6.04. The van der Waals surface area contributed by atoms with Gasteiger partial charge in [0.1, 0.15) is 5.41 Å². The molecule has 0 fully saturated rings. The van der Waals surface area contributed by atoms with Crippen LogP contribution >= 0.6 is 0 Å². The lowest BCUT2D eigenvalue weighted by atomic mass is 9.88. The molecule has 0 atom stereocenters. The number of nitrogens with zero attached hydrogens (tertiary/aromatic N) is 2. The van der Waals surface area contributed by atoms with Crippen molar-refractivity contribution in [2.75, 3.05) is 6.54 Å². The van der Waals surface area contributed by atoms with Crippen LogP contribution in [-0.2, 0) is 29.1 Å². The van der Waals surface area contributed by atoms with Gasteiger partial charge in [-0.05, 0) is 43.0 Å².